The van der Waals surface area contributed by atoms with Crippen molar-refractivity contribution in [3.05, 3.63) is 65.9 Å². The summed E-state index contributed by atoms with van der Waals surface area (Å²) < 4.78 is 10.2. The van der Waals surface area contributed by atoms with Crippen LogP contribution in [0, 0.1) is 5.41 Å². The number of nitrogens with two attached hydrogens (primary N) is 1. The Morgan fingerprint density at radius 3 is 2.70 bits per heavy atom. The Kier molecular flexibility index (Phi) is 4.19. The maximum absolute atomic E-state index is 7.94. The van der Waals surface area contributed by atoms with Crippen LogP contribution in [0.5, 0.6) is 5.75 Å². The Morgan fingerprint density at radius 2 is 1.96 bits per heavy atom. The lowest BCUT2D eigenvalue weighted by Crippen LogP contribution is -2.14. The fourth-order valence-electron chi connectivity index (χ4n) is 1.98. The number of ether oxygens (including phenoxy) is 1. The maximum Gasteiger partial charge on any atom is 0.199 e. The number of nitrogens with one attached hydrogen (secondary N) is 2. The summed E-state index contributed by atoms with van der Waals surface area (Å²) in [6.45, 7) is 0.474. The lowest BCUT2D eigenvalue weighted by atomic mass is 10.2. The number of hydrogen-bond donors (Lipinski definition) is 3. The summed E-state index contributed by atoms with van der Waals surface area (Å²) in [6, 6.07) is 17.2. The summed E-state index contributed by atoms with van der Waals surface area (Å²) in [6.07, 6.45) is 0. The smallest absolute Gasteiger partial charge is 0.199 e. The van der Waals surface area contributed by atoms with Gasteiger partial charge in [0, 0.05) is 11.8 Å². The predicted octanol–water partition coefficient (Wildman–Crippen LogP) is 2.67. The van der Waals surface area contributed by atoms with Gasteiger partial charge in [-0.25, -0.2) is 4.63 Å². The standard InChI is InChI=1S/C16H15N5O2/c17-15(14-16(18)21-23-20-14)19-12-7-4-8-13(9-12)22-10-11-5-2-1-3-6-11/h1-9H,10H2,(H2,17,19)(H2,18,21). The van der Waals surface area contributed by atoms with E-state index in [2.05, 4.69) is 20.3 Å². The highest BCUT2D eigenvalue weighted by Crippen LogP contribution is 2.19. The molecule has 0 radical (unpaired) electrons. The molecule has 7 nitrogen and oxygen atoms in total. The number of rotatable bonds is 5. The van der Waals surface area contributed by atoms with Crippen molar-refractivity contribution in [1.29, 1.82) is 5.41 Å². The summed E-state index contributed by atoms with van der Waals surface area (Å²) in [7, 11) is 0. The summed E-state index contributed by atoms with van der Waals surface area (Å²) in [5.74, 6) is 0.765. The zero-order valence-corrected chi connectivity index (χ0v) is 12.2. The van der Waals surface area contributed by atoms with Crippen LogP contribution in [0.3, 0.4) is 0 Å². The second-order valence-corrected chi connectivity index (χ2v) is 4.80. The molecule has 1 aromatic heterocycles. The molecule has 4 N–H and O–H groups in total. The SMILES string of the molecule is N=C(Nc1cccc(OCc2ccccc2)c1)c1nonc1N. The van der Waals surface area contributed by atoms with Gasteiger partial charge in [-0.2, -0.15) is 0 Å². The lowest BCUT2D eigenvalue weighted by Gasteiger charge is -2.09. The van der Waals surface area contributed by atoms with E-state index in [0.29, 0.717) is 18.0 Å². The van der Waals surface area contributed by atoms with Gasteiger partial charge < -0.3 is 15.8 Å². The first-order valence-corrected chi connectivity index (χ1v) is 6.93. The van der Waals surface area contributed by atoms with E-state index in [0.717, 1.165) is 5.56 Å². The highest BCUT2D eigenvalue weighted by molar-refractivity contribution is 6.07. The van der Waals surface area contributed by atoms with Crippen molar-refractivity contribution in [3.8, 4) is 5.75 Å². The Morgan fingerprint density at radius 1 is 1.13 bits per heavy atom. The summed E-state index contributed by atoms with van der Waals surface area (Å²) in [5.41, 5.74) is 7.50. The van der Waals surface area contributed by atoms with Crippen LogP contribution in [0.1, 0.15) is 11.3 Å². The van der Waals surface area contributed by atoms with Crippen LogP contribution in [0.15, 0.2) is 59.2 Å². The first kappa shape index (κ1) is 14.6. The molecule has 2 aromatic carbocycles. The van der Waals surface area contributed by atoms with Crippen molar-refractivity contribution >= 4 is 17.3 Å². The zero-order valence-electron chi connectivity index (χ0n) is 12.2. The van der Waals surface area contributed by atoms with Crippen molar-refractivity contribution in [3.63, 3.8) is 0 Å². The van der Waals surface area contributed by atoms with Crippen LogP contribution in [-0.2, 0) is 6.61 Å². The van der Waals surface area contributed by atoms with Gasteiger partial charge >= 0.3 is 0 Å². The van der Waals surface area contributed by atoms with Crippen molar-refractivity contribution < 1.29 is 9.37 Å². The second-order valence-electron chi connectivity index (χ2n) is 4.80. The molecule has 7 heteroatoms. The minimum absolute atomic E-state index is 0.00367. The largest absolute Gasteiger partial charge is 0.489 e. The third-order valence-corrected chi connectivity index (χ3v) is 3.10. The Balaban J connectivity index is 1.65. The van der Waals surface area contributed by atoms with Crippen molar-refractivity contribution in [2.75, 3.05) is 11.1 Å². The van der Waals surface area contributed by atoms with Crippen molar-refractivity contribution in [2.45, 2.75) is 6.61 Å². The minimum atomic E-state index is 0.00367. The predicted molar refractivity (Wildman–Crippen MR) is 86.4 cm³/mol. The zero-order chi connectivity index (χ0) is 16.1. The summed E-state index contributed by atoms with van der Waals surface area (Å²) in [5, 5.41) is 17.8. The number of aromatic nitrogens is 2. The lowest BCUT2D eigenvalue weighted by molar-refractivity contribution is 0.306. The second kappa shape index (κ2) is 6.61. The summed E-state index contributed by atoms with van der Waals surface area (Å²) >= 11 is 0. The van der Waals surface area contributed by atoms with Gasteiger partial charge in [-0.15, -0.1) is 0 Å². The highest BCUT2D eigenvalue weighted by atomic mass is 16.6. The van der Waals surface area contributed by atoms with Crippen molar-refractivity contribution in [2.24, 2.45) is 0 Å². The molecule has 0 saturated heterocycles. The van der Waals surface area contributed by atoms with E-state index in [9.17, 15) is 0 Å². The molecule has 116 valence electrons. The van der Waals surface area contributed by atoms with Crippen LogP contribution >= 0.6 is 0 Å². The van der Waals surface area contributed by atoms with Gasteiger partial charge in [0.15, 0.2) is 17.3 Å². The molecular weight excluding hydrogens is 294 g/mol. The van der Waals surface area contributed by atoms with E-state index in [-0.39, 0.29) is 17.3 Å². The maximum atomic E-state index is 7.94. The quantitative estimate of drug-likeness (QED) is 0.493. The van der Waals surface area contributed by atoms with Crippen LogP contribution < -0.4 is 15.8 Å². The fraction of sp³-hybridized carbons (Fsp3) is 0.0625. The van der Waals surface area contributed by atoms with E-state index >= 15 is 0 Å². The average molecular weight is 309 g/mol. The van der Waals surface area contributed by atoms with Crippen LogP contribution in [0.4, 0.5) is 11.5 Å². The molecule has 0 amide bonds. The molecule has 0 saturated carbocycles. The van der Waals surface area contributed by atoms with E-state index in [1.54, 1.807) is 6.07 Å². The molecule has 3 rings (SSSR count). The Bertz CT molecular complexity index is 801. The topological polar surface area (TPSA) is 110 Å². The average Bonchev–Trinajstić information content (AvgIpc) is 3.00. The third-order valence-electron chi connectivity index (χ3n) is 3.10. The molecule has 0 spiro atoms. The van der Waals surface area contributed by atoms with Gasteiger partial charge in [0.2, 0.25) is 0 Å². The normalized spacial score (nSPS) is 10.3. The monoisotopic (exact) mass is 309 g/mol. The molecule has 23 heavy (non-hydrogen) atoms. The molecular formula is C16H15N5O2. The van der Waals surface area contributed by atoms with Gasteiger partial charge in [0.25, 0.3) is 0 Å². The molecule has 0 aliphatic rings. The highest BCUT2D eigenvalue weighted by Gasteiger charge is 2.12. The Labute approximate surface area is 132 Å². The number of amidine groups is 1. The van der Waals surface area contributed by atoms with E-state index < -0.39 is 0 Å². The molecule has 0 fully saturated rings. The van der Waals surface area contributed by atoms with Crippen LogP contribution in [0.25, 0.3) is 0 Å². The van der Waals surface area contributed by atoms with Gasteiger partial charge in [-0.3, -0.25) is 5.41 Å². The van der Waals surface area contributed by atoms with Crippen LogP contribution in [0.2, 0.25) is 0 Å². The molecule has 0 unspecified atom stereocenters. The van der Waals surface area contributed by atoms with Gasteiger partial charge in [-0.05, 0) is 28.0 Å². The van der Waals surface area contributed by atoms with Crippen LogP contribution in [-0.4, -0.2) is 16.1 Å². The van der Waals surface area contributed by atoms with Crippen molar-refractivity contribution in [1.82, 2.24) is 10.3 Å². The van der Waals surface area contributed by atoms with Gasteiger partial charge in [0.05, 0.1) is 0 Å². The third kappa shape index (κ3) is 3.65. The number of hydrogen-bond acceptors (Lipinski definition) is 6. The first-order valence-electron chi connectivity index (χ1n) is 6.93. The molecule has 0 bridgehead atoms. The summed E-state index contributed by atoms with van der Waals surface area (Å²) in [4.78, 5) is 0. The first-order chi connectivity index (χ1) is 11.2. The molecule has 0 atom stereocenters. The van der Waals surface area contributed by atoms with Gasteiger partial charge in [0.1, 0.15) is 12.4 Å². The number of benzene rings is 2. The minimum Gasteiger partial charge on any atom is -0.489 e. The molecule has 3 aromatic rings. The fourth-order valence-corrected chi connectivity index (χ4v) is 1.98. The number of nitrogen functional groups attached to an aromatic ring is 1. The molecule has 1 heterocycles. The molecule has 0 aliphatic heterocycles. The van der Waals surface area contributed by atoms with E-state index in [1.165, 1.54) is 0 Å². The molecule has 0 aliphatic carbocycles. The Hall–Kier alpha value is -3.35. The van der Waals surface area contributed by atoms with Gasteiger partial charge in [-0.1, -0.05) is 36.4 Å². The van der Waals surface area contributed by atoms with E-state index in [4.69, 9.17) is 15.9 Å². The number of nitrogens with zero attached hydrogens (tertiary/aromatic N) is 2. The number of anilines is 2. The van der Waals surface area contributed by atoms with E-state index in [1.807, 2.05) is 48.5 Å².